The van der Waals surface area contributed by atoms with E-state index in [0.717, 1.165) is 33.1 Å². The summed E-state index contributed by atoms with van der Waals surface area (Å²) in [5.74, 6) is 0. The SMILES string of the molecule is c1ccc(-c2ccc(N(c3ccc(-c4ccc5sc6ccc7nc(-c8ccccc8)sc7c6c5c4)cc3)c3ccc(-c4ccc5ccccc5c4)c4ccccc34)cc2)cc1. The molecule has 2 aromatic heterocycles. The fourth-order valence-electron chi connectivity index (χ4n) is 8.88. The van der Waals surface area contributed by atoms with Crippen LogP contribution in [0, 0.1) is 0 Å². The molecule has 0 unspecified atom stereocenters. The van der Waals surface area contributed by atoms with Crippen LogP contribution < -0.4 is 4.90 Å². The maximum Gasteiger partial charge on any atom is 0.124 e. The van der Waals surface area contributed by atoms with Crippen molar-refractivity contribution < 1.29 is 0 Å². The minimum atomic E-state index is 1.06. The summed E-state index contributed by atoms with van der Waals surface area (Å²) >= 11 is 3.65. The molecule has 2 heterocycles. The molecule has 0 aliphatic carbocycles. The van der Waals surface area contributed by atoms with Crippen LogP contribution in [0.3, 0.4) is 0 Å². The topological polar surface area (TPSA) is 16.1 Å². The molecule has 0 aliphatic rings. The highest BCUT2D eigenvalue weighted by atomic mass is 32.1. The van der Waals surface area contributed by atoms with Crippen molar-refractivity contribution in [1.82, 2.24) is 4.98 Å². The van der Waals surface area contributed by atoms with Crippen molar-refractivity contribution in [3.63, 3.8) is 0 Å². The summed E-state index contributed by atoms with van der Waals surface area (Å²) in [6, 6.07) is 79.4. The van der Waals surface area contributed by atoms with Crippen LogP contribution in [0.2, 0.25) is 0 Å². The molecule has 0 bridgehead atoms. The Balaban J connectivity index is 0.969. The van der Waals surface area contributed by atoms with Crippen molar-refractivity contribution >= 4 is 91.7 Å². The fourth-order valence-corrected chi connectivity index (χ4v) is 11.2. The predicted octanol–water partition coefficient (Wildman–Crippen LogP) is 17.1. The quantitative estimate of drug-likeness (QED) is 0.159. The van der Waals surface area contributed by atoms with Gasteiger partial charge in [-0.05, 0) is 110 Å². The second kappa shape index (κ2) is 14.7. The lowest BCUT2D eigenvalue weighted by atomic mass is 9.94. The summed E-state index contributed by atoms with van der Waals surface area (Å²) in [4.78, 5) is 7.47. The molecule has 4 heteroatoms. The molecular formula is C57H36N2S2. The smallest absolute Gasteiger partial charge is 0.124 e. The number of fused-ring (bicyclic) bond motifs is 7. The molecular weight excluding hydrogens is 777 g/mol. The van der Waals surface area contributed by atoms with Gasteiger partial charge in [0.25, 0.3) is 0 Å². The van der Waals surface area contributed by atoms with Crippen LogP contribution in [0.25, 0.3) is 95.9 Å². The largest absolute Gasteiger partial charge is 0.310 e. The summed E-state index contributed by atoms with van der Waals surface area (Å²) in [7, 11) is 0. The van der Waals surface area contributed by atoms with Crippen LogP contribution in [0.5, 0.6) is 0 Å². The molecule has 0 amide bonds. The van der Waals surface area contributed by atoms with Crippen LogP contribution in [0.15, 0.2) is 218 Å². The molecule has 286 valence electrons. The van der Waals surface area contributed by atoms with E-state index in [1.54, 1.807) is 11.3 Å². The van der Waals surface area contributed by atoms with Crippen LogP contribution in [0.4, 0.5) is 17.1 Å². The molecule has 0 N–H and O–H groups in total. The van der Waals surface area contributed by atoms with E-state index in [1.165, 1.54) is 79.8 Å². The summed E-state index contributed by atoms with van der Waals surface area (Å²) in [5, 5.41) is 8.56. The van der Waals surface area contributed by atoms with Crippen molar-refractivity contribution in [1.29, 1.82) is 0 Å². The number of hydrogen-bond donors (Lipinski definition) is 0. The van der Waals surface area contributed by atoms with Crippen molar-refractivity contribution in [2.45, 2.75) is 0 Å². The first-order valence-electron chi connectivity index (χ1n) is 20.6. The first-order chi connectivity index (χ1) is 30.2. The highest BCUT2D eigenvalue weighted by molar-refractivity contribution is 7.28. The van der Waals surface area contributed by atoms with Crippen LogP contribution in [0.1, 0.15) is 0 Å². The lowest BCUT2D eigenvalue weighted by Crippen LogP contribution is -2.10. The molecule has 0 saturated heterocycles. The Bertz CT molecular complexity index is 3570. The Kier molecular flexibility index (Phi) is 8.58. The van der Waals surface area contributed by atoms with Crippen LogP contribution >= 0.6 is 22.7 Å². The molecule has 0 atom stereocenters. The summed E-state index contributed by atoms with van der Waals surface area (Å²) in [6.45, 7) is 0. The molecule has 0 aliphatic heterocycles. The van der Waals surface area contributed by atoms with Gasteiger partial charge in [0.1, 0.15) is 5.01 Å². The first kappa shape index (κ1) is 35.6. The van der Waals surface area contributed by atoms with Crippen molar-refractivity contribution in [3.05, 3.63) is 218 Å². The number of nitrogens with zero attached hydrogens (tertiary/aromatic N) is 2. The van der Waals surface area contributed by atoms with E-state index < -0.39 is 0 Å². The number of hydrogen-bond acceptors (Lipinski definition) is 4. The van der Waals surface area contributed by atoms with Gasteiger partial charge >= 0.3 is 0 Å². The van der Waals surface area contributed by atoms with Crippen molar-refractivity contribution in [3.8, 4) is 44.0 Å². The van der Waals surface area contributed by atoms with E-state index in [9.17, 15) is 0 Å². The van der Waals surface area contributed by atoms with E-state index in [4.69, 9.17) is 4.98 Å². The summed E-state index contributed by atoms with van der Waals surface area (Å²) in [6.07, 6.45) is 0. The summed E-state index contributed by atoms with van der Waals surface area (Å²) in [5.41, 5.74) is 12.8. The monoisotopic (exact) mass is 812 g/mol. The van der Waals surface area contributed by atoms with E-state index in [1.807, 2.05) is 11.3 Å². The minimum absolute atomic E-state index is 1.06. The third-order valence-electron chi connectivity index (χ3n) is 11.9. The lowest BCUT2D eigenvalue weighted by molar-refractivity contribution is 1.30. The molecule has 0 fully saturated rings. The molecule has 61 heavy (non-hydrogen) atoms. The minimum Gasteiger partial charge on any atom is -0.310 e. The predicted molar refractivity (Wildman–Crippen MR) is 264 cm³/mol. The van der Waals surface area contributed by atoms with Gasteiger partial charge in [-0.15, -0.1) is 22.7 Å². The van der Waals surface area contributed by atoms with Crippen LogP contribution in [-0.2, 0) is 0 Å². The molecule has 12 aromatic rings. The van der Waals surface area contributed by atoms with Crippen molar-refractivity contribution in [2.24, 2.45) is 0 Å². The molecule has 0 radical (unpaired) electrons. The van der Waals surface area contributed by atoms with Gasteiger partial charge in [0.2, 0.25) is 0 Å². The number of rotatable bonds is 7. The first-order valence-corrected chi connectivity index (χ1v) is 22.2. The van der Waals surface area contributed by atoms with Gasteiger partial charge < -0.3 is 4.90 Å². The number of thiazole rings is 1. The Labute approximate surface area is 361 Å². The fraction of sp³-hybridized carbons (Fsp3) is 0. The second-order valence-electron chi connectivity index (χ2n) is 15.5. The van der Waals surface area contributed by atoms with Gasteiger partial charge in [0.15, 0.2) is 0 Å². The number of benzene rings is 10. The zero-order valence-corrected chi connectivity index (χ0v) is 34.6. The van der Waals surface area contributed by atoms with Gasteiger partial charge in [-0.2, -0.15) is 0 Å². The molecule has 2 nitrogen and oxygen atoms in total. The van der Waals surface area contributed by atoms with Crippen LogP contribution in [-0.4, -0.2) is 4.98 Å². The van der Waals surface area contributed by atoms with Gasteiger partial charge in [-0.3, -0.25) is 0 Å². The maximum absolute atomic E-state index is 5.06. The highest BCUT2D eigenvalue weighted by Crippen LogP contribution is 2.46. The Morgan fingerprint density at radius 3 is 1.70 bits per heavy atom. The Hall–Kier alpha value is -7.37. The Morgan fingerprint density at radius 2 is 0.951 bits per heavy atom. The average Bonchev–Trinajstić information content (AvgIpc) is 3.94. The van der Waals surface area contributed by atoms with E-state index in [-0.39, 0.29) is 0 Å². The van der Waals surface area contributed by atoms with Gasteiger partial charge in [0, 0.05) is 42.5 Å². The van der Waals surface area contributed by atoms with E-state index in [2.05, 4.69) is 223 Å². The number of aromatic nitrogens is 1. The normalized spacial score (nSPS) is 11.6. The second-order valence-corrected chi connectivity index (χ2v) is 17.6. The number of thiophene rings is 1. The maximum atomic E-state index is 5.06. The lowest BCUT2D eigenvalue weighted by Gasteiger charge is -2.28. The average molecular weight is 813 g/mol. The zero-order valence-electron chi connectivity index (χ0n) is 33.0. The molecule has 10 aromatic carbocycles. The molecule has 0 saturated carbocycles. The van der Waals surface area contributed by atoms with Gasteiger partial charge in [-0.1, -0.05) is 158 Å². The third kappa shape index (κ3) is 6.27. The highest BCUT2D eigenvalue weighted by Gasteiger charge is 2.19. The standard InChI is InChI=1S/C57H36N2S2/c1-3-11-37(12-4-1)39-21-26-45(27-22-39)59(52-32-30-47(48-17-9-10-18-49(48)52)44-20-19-38-13-7-8-16-42(38)35-44)46-28-23-40(24-29-46)43-25-33-53-50(36-43)55-54(60-53)34-31-51-56(55)61-57(58-51)41-14-5-2-6-15-41/h1-36H. The molecule has 0 spiro atoms. The summed E-state index contributed by atoms with van der Waals surface area (Å²) < 4.78 is 3.84. The molecule has 12 rings (SSSR count). The van der Waals surface area contributed by atoms with E-state index in [0.29, 0.717) is 0 Å². The van der Waals surface area contributed by atoms with Gasteiger partial charge in [0.05, 0.1) is 15.9 Å². The van der Waals surface area contributed by atoms with E-state index >= 15 is 0 Å². The number of anilines is 3. The zero-order chi connectivity index (χ0) is 40.3. The van der Waals surface area contributed by atoms with Gasteiger partial charge in [-0.25, -0.2) is 4.98 Å². The Morgan fingerprint density at radius 1 is 0.361 bits per heavy atom. The third-order valence-corrected chi connectivity index (χ3v) is 14.2. The van der Waals surface area contributed by atoms with Crippen molar-refractivity contribution in [2.75, 3.05) is 4.90 Å².